The lowest BCUT2D eigenvalue weighted by Crippen LogP contribution is -2.48. The summed E-state index contributed by atoms with van der Waals surface area (Å²) in [4.78, 5) is 23.0. The normalized spacial score (nSPS) is 14.7. The molecule has 1 aromatic carbocycles. The van der Waals surface area contributed by atoms with Crippen LogP contribution in [0.4, 0.5) is 11.4 Å². The number of amides is 2. The lowest BCUT2D eigenvalue weighted by Gasteiger charge is -2.25. The number of hydrogen-bond donors (Lipinski definition) is 3. The Morgan fingerprint density at radius 3 is 2.50 bits per heavy atom. The van der Waals surface area contributed by atoms with Gasteiger partial charge in [0, 0.05) is 30.9 Å². The van der Waals surface area contributed by atoms with Crippen molar-refractivity contribution in [2.45, 2.75) is 13.3 Å². The second-order valence-electron chi connectivity index (χ2n) is 4.33. The van der Waals surface area contributed by atoms with Gasteiger partial charge in [-0.25, -0.2) is 0 Å². The Kier molecular flexibility index (Phi) is 3.94. The third-order valence-corrected chi connectivity index (χ3v) is 2.89. The molecule has 0 spiro atoms. The average Bonchev–Trinajstić information content (AvgIpc) is 2.26. The summed E-state index contributed by atoms with van der Waals surface area (Å²) in [5.41, 5.74) is 1.41. The smallest absolute Gasteiger partial charge is 0.230 e. The highest BCUT2D eigenvalue weighted by atomic mass is 16.2. The van der Waals surface area contributed by atoms with Crippen LogP contribution in [0, 0.1) is 5.92 Å². The number of hydrogen-bond acceptors (Lipinski definition) is 3. The first-order valence-corrected chi connectivity index (χ1v) is 6.10. The molecule has 0 bridgehead atoms. The molecule has 0 saturated carbocycles. The third kappa shape index (κ3) is 3.07. The molecule has 0 aromatic heterocycles. The van der Waals surface area contributed by atoms with Gasteiger partial charge >= 0.3 is 0 Å². The molecule has 0 radical (unpaired) electrons. The summed E-state index contributed by atoms with van der Waals surface area (Å²) < 4.78 is 0. The van der Waals surface area contributed by atoms with E-state index in [9.17, 15) is 9.59 Å². The molecule has 18 heavy (non-hydrogen) atoms. The molecule has 1 aromatic rings. The van der Waals surface area contributed by atoms with Crippen molar-refractivity contribution in [1.29, 1.82) is 0 Å². The fourth-order valence-corrected chi connectivity index (χ4v) is 1.64. The topological polar surface area (TPSA) is 70.2 Å². The SMILES string of the molecule is CCC(=O)Nc1cccc(NC(=O)C2CNC2)c1. The van der Waals surface area contributed by atoms with Gasteiger partial charge in [0.2, 0.25) is 11.8 Å². The molecule has 5 heteroatoms. The molecule has 1 fully saturated rings. The summed E-state index contributed by atoms with van der Waals surface area (Å²) in [6, 6.07) is 7.18. The Morgan fingerprint density at radius 2 is 1.94 bits per heavy atom. The molecule has 0 aliphatic carbocycles. The van der Waals surface area contributed by atoms with Gasteiger partial charge in [-0.15, -0.1) is 0 Å². The molecule has 2 rings (SSSR count). The maximum atomic E-state index is 11.7. The van der Waals surface area contributed by atoms with E-state index in [1.165, 1.54) is 0 Å². The summed E-state index contributed by atoms with van der Waals surface area (Å²) in [5, 5.41) is 8.66. The van der Waals surface area contributed by atoms with Gasteiger partial charge in [0.15, 0.2) is 0 Å². The maximum Gasteiger partial charge on any atom is 0.230 e. The van der Waals surface area contributed by atoms with Crippen LogP contribution in [0.3, 0.4) is 0 Å². The fourth-order valence-electron chi connectivity index (χ4n) is 1.64. The summed E-state index contributed by atoms with van der Waals surface area (Å²) in [5.74, 6) is 0.0354. The van der Waals surface area contributed by atoms with Crippen molar-refractivity contribution in [3.05, 3.63) is 24.3 Å². The first-order chi connectivity index (χ1) is 8.69. The number of nitrogens with one attached hydrogen (secondary N) is 3. The van der Waals surface area contributed by atoms with Crippen LogP contribution in [0.25, 0.3) is 0 Å². The minimum absolute atomic E-state index is 0.0210. The Balaban J connectivity index is 1.98. The summed E-state index contributed by atoms with van der Waals surface area (Å²) in [7, 11) is 0. The standard InChI is InChI=1S/C13H17N3O2/c1-2-12(17)15-10-4-3-5-11(6-10)16-13(18)9-7-14-8-9/h3-6,9,14H,2,7-8H2,1H3,(H,15,17)(H,16,18). The van der Waals surface area contributed by atoms with Crippen molar-refractivity contribution in [3.8, 4) is 0 Å². The number of rotatable bonds is 4. The molecular formula is C13H17N3O2. The van der Waals surface area contributed by atoms with Crippen LogP contribution in [0.5, 0.6) is 0 Å². The largest absolute Gasteiger partial charge is 0.326 e. The molecule has 1 heterocycles. The number of benzene rings is 1. The van der Waals surface area contributed by atoms with Crippen LogP contribution in [-0.4, -0.2) is 24.9 Å². The number of carbonyl (C=O) groups is 2. The molecule has 5 nitrogen and oxygen atoms in total. The summed E-state index contributed by atoms with van der Waals surface area (Å²) in [6.07, 6.45) is 0.435. The maximum absolute atomic E-state index is 11.7. The van der Waals surface area contributed by atoms with E-state index in [0.29, 0.717) is 17.8 Å². The number of anilines is 2. The predicted octanol–water partition coefficient (Wildman–Crippen LogP) is 1.19. The van der Waals surface area contributed by atoms with Gasteiger partial charge in [0.25, 0.3) is 0 Å². The van der Waals surface area contributed by atoms with Crippen molar-refractivity contribution in [3.63, 3.8) is 0 Å². The van der Waals surface area contributed by atoms with E-state index in [1.54, 1.807) is 25.1 Å². The van der Waals surface area contributed by atoms with E-state index in [2.05, 4.69) is 16.0 Å². The van der Waals surface area contributed by atoms with Crippen molar-refractivity contribution >= 4 is 23.2 Å². The molecule has 0 atom stereocenters. The molecule has 96 valence electrons. The molecular weight excluding hydrogens is 230 g/mol. The van der Waals surface area contributed by atoms with Crippen LogP contribution in [0.2, 0.25) is 0 Å². The van der Waals surface area contributed by atoms with Crippen LogP contribution in [0.15, 0.2) is 24.3 Å². The van der Waals surface area contributed by atoms with E-state index < -0.39 is 0 Å². The highest BCUT2D eigenvalue weighted by Crippen LogP contribution is 2.16. The highest BCUT2D eigenvalue weighted by Gasteiger charge is 2.24. The minimum Gasteiger partial charge on any atom is -0.326 e. The van der Waals surface area contributed by atoms with Crippen LogP contribution in [-0.2, 0) is 9.59 Å². The second-order valence-corrected chi connectivity index (χ2v) is 4.33. The van der Waals surface area contributed by atoms with E-state index in [-0.39, 0.29) is 17.7 Å². The Bertz CT molecular complexity index is 455. The molecule has 0 unspecified atom stereocenters. The van der Waals surface area contributed by atoms with E-state index in [1.807, 2.05) is 6.07 Å². The van der Waals surface area contributed by atoms with Gasteiger partial charge in [-0.3, -0.25) is 9.59 Å². The Labute approximate surface area is 106 Å². The first kappa shape index (κ1) is 12.6. The van der Waals surface area contributed by atoms with E-state index in [4.69, 9.17) is 0 Å². The van der Waals surface area contributed by atoms with Gasteiger partial charge < -0.3 is 16.0 Å². The predicted molar refractivity (Wildman–Crippen MR) is 70.4 cm³/mol. The zero-order valence-electron chi connectivity index (χ0n) is 10.3. The molecule has 1 saturated heterocycles. The minimum atomic E-state index is -0.0401. The Hall–Kier alpha value is -1.88. The van der Waals surface area contributed by atoms with E-state index >= 15 is 0 Å². The van der Waals surface area contributed by atoms with Crippen LogP contribution in [0.1, 0.15) is 13.3 Å². The van der Waals surface area contributed by atoms with Crippen LogP contribution >= 0.6 is 0 Å². The van der Waals surface area contributed by atoms with E-state index in [0.717, 1.165) is 13.1 Å². The van der Waals surface area contributed by atoms with Gasteiger partial charge in [0.1, 0.15) is 0 Å². The van der Waals surface area contributed by atoms with Gasteiger partial charge in [0.05, 0.1) is 5.92 Å². The fraction of sp³-hybridized carbons (Fsp3) is 0.385. The quantitative estimate of drug-likeness (QED) is 0.748. The third-order valence-electron chi connectivity index (χ3n) is 2.89. The van der Waals surface area contributed by atoms with Gasteiger partial charge in [-0.2, -0.15) is 0 Å². The highest BCUT2D eigenvalue weighted by molar-refractivity contribution is 5.95. The molecule has 2 amide bonds. The van der Waals surface area contributed by atoms with Crippen molar-refractivity contribution in [2.75, 3.05) is 23.7 Å². The van der Waals surface area contributed by atoms with Crippen molar-refractivity contribution in [1.82, 2.24) is 5.32 Å². The molecule has 1 aliphatic rings. The van der Waals surface area contributed by atoms with Crippen molar-refractivity contribution in [2.24, 2.45) is 5.92 Å². The average molecular weight is 247 g/mol. The Morgan fingerprint density at radius 1 is 1.28 bits per heavy atom. The summed E-state index contributed by atoms with van der Waals surface area (Å²) >= 11 is 0. The van der Waals surface area contributed by atoms with Crippen LogP contribution < -0.4 is 16.0 Å². The first-order valence-electron chi connectivity index (χ1n) is 6.10. The lowest BCUT2D eigenvalue weighted by atomic mass is 10.0. The zero-order chi connectivity index (χ0) is 13.0. The van der Waals surface area contributed by atoms with Gasteiger partial charge in [-0.1, -0.05) is 13.0 Å². The van der Waals surface area contributed by atoms with Gasteiger partial charge in [-0.05, 0) is 18.2 Å². The summed E-state index contributed by atoms with van der Waals surface area (Å²) in [6.45, 7) is 3.26. The lowest BCUT2D eigenvalue weighted by molar-refractivity contribution is -0.121. The number of carbonyl (C=O) groups excluding carboxylic acids is 2. The monoisotopic (exact) mass is 247 g/mol. The zero-order valence-corrected chi connectivity index (χ0v) is 10.3. The molecule has 3 N–H and O–H groups in total. The molecule has 1 aliphatic heterocycles. The second kappa shape index (κ2) is 5.64. The van der Waals surface area contributed by atoms with Crippen molar-refractivity contribution < 1.29 is 9.59 Å².